The number of nitrogens with zero attached hydrogens (tertiary/aromatic N) is 2. The quantitative estimate of drug-likeness (QED) is 0.736. The molecule has 154 valence electrons. The van der Waals surface area contributed by atoms with Gasteiger partial charge in [0.2, 0.25) is 17.3 Å². The topological polar surface area (TPSA) is 94.8 Å². The van der Waals surface area contributed by atoms with Crippen molar-refractivity contribution in [2.24, 2.45) is 7.05 Å². The molecular formula is C17H20F3N3O5. The van der Waals surface area contributed by atoms with Crippen LogP contribution in [0.4, 0.5) is 18.9 Å². The first-order valence-electron chi connectivity index (χ1n) is 7.94. The van der Waals surface area contributed by atoms with Crippen molar-refractivity contribution in [1.29, 1.82) is 0 Å². The van der Waals surface area contributed by atoms with E-state index in [9.17, 15) is 23.1 Å². The second-order valence-electron chi connectivity index (χ2n) is 5.86. The van der Waals surface area contributed by atoms with Crippen LogP contribution < -0.4 is 19.5 Å². The van der Waals surface area contributed by atoms with E-state index >= 15 is 0 Å². The molecule has 1 amide bonds. The summed E-state index contributed by atoms with van der Waals surface area (Å²) in [4.78, 5) is 15.9. The minimum Gasteiger partial charge on any atom is -0.493 e. The molecular weight excluding hydrogens is 383 g/mol. The van der Waals surface area contributed by atoms with Crippen molar-refractivity contribution in [3.05, 3.63) is 30.4 Å². The van der Waals surface area contributed by atoms with Crippen LogP contribution in [0.5, 0.6) is 17.2 Å². The number of aliphatic hydroxyl groups is 1. The van der Waals surface area contributed by atoms with Gasteiger partial charge in [-0.15, -0.1) is 0 Å². The van der Waals surface area contributed by atoms with E-state index in [1.807, 2.05) is 0 Å². The van der Waals surface area contributed by atoms with E-state index in [4.69, 9.17) is 14.2 Å². The lowest BCUT2D eigenvalue weighted by atomic mass is 9.97. The molecule has 8 nitrogen and oxygen atoms in total. The van der Waals surface area contributed by atoms with Crippen LogP contribution in [0.25, 0.3) is 0 Å². The van der Waals surface area contributed by atoms with Crippen molar-refractivity contribution in [3.63, 3.8) is 0 Å². The number of carbonyl (C=O) groups excluding carboxylic acids is 1. The molecule has 1 aromatic carbocycles. The van der Waals surface area contributed by atoms with Crippen molar-refractivity contribution in [2.75, 3.05) is 26.6 Å². The summed E-state index contributed by atoms with van der Waals surface area (Å²) in [6.07, 6.45) is -4.08. The zero-order valence-corrected chi connectivity index (χ0v) is 15.6. The van der Waals surface area contributed by atoms with Gasteiger partial charge in [-0.25, -0.2) is 4.98 Å². The van der Waals surface area contributed by atoms with Gasteiger partial charge in [-0.1, -0.05) is 0 Å². The number of hydrogen-bond donors (Lipinski definition) is 2. The number of imidazole rings is 1. The Morgan fingerprint density at radius 2 is 1.75 bits per heavy atom. The number of aromatic nitrogens is 2. The normalized spacial score (nSPS) is 13.6. The number of nitrogens with one attached hydrogen (secondary N) is 1. The van der Waals surface area contributed by atoms with Crippen molar-refractivity contribution in [1.82, 2.24) is 9.55 Å². The largest absolute Gasteiger partial charge is 0.493 e. The number of amides is 1. The molecule has 1 unspecified atom stereocenters. The Bertz CT molecular complexity index is 828. The van der Waals surface area contributed by atoms with Crippen molar-refractivity contribution in [3.8, 4) is 17.2 Å². The Morgan fingerprint density at radius 1 is 1.18 bits per heavy atom. The van der Waals surface area contributed by atoms with Gasteiger partial charge in [0.05, 0.1) is 27.8 Å². The third kappa shape index (κ3) is 3.98. The fourth-order valence-corrected chi connectivity index (χ4v) is 2.66. The number of anilines is 1. The molecule has 0 aliphatic heterocycles. The van der Waals surface area contributed by atoms with Gasteiger partial charge in [0, 0.05) is 37.3 Å². The van der Waals surface area contributed by atoms with Gasteiger partial charge in [0.25, 0.3) is 0 Å². The fourth-order valence-electron chi connectivity index (χ4n) is 2.66. The number of aryl methyl sites for hydroxylation is 1. The molecule has 0 aliphatic rings. The maximum atomic E-state index is 13.5. The molecule has 0 saturated heterocycles. The molecule has 28 heavy (non-hydrogen) atoms. The Labute approximate surface area is 158 Å². The molecule has 0 bridgehead atoms. The number of methoxy groups -OCH3 is 3. The molecule has 2 aromatic rings. The van der Waals surface area contributed by atoms with Crippen molar-refractivity contribution >= 4 is 11.6 Å². The summed E-state index contributed by atoms with van der Waals surface area (Å²) in [5.74, 6) is -1.13. The number of benzene rings is 1. The van der Waals surface area contributed by atoms with E-state index in [0.717, 1.165) is 10.8 Å². The van der Waals surface area contributed by atoms with Crippen LogP contribution in [0.3, 0.4) is 0 Å². The van der Waals surface area contributed by atoms with Gasteiger partial charge in [0.15, 0.2) is 17.3 Å². The van der Waals surface area contributed by atoms with Gasteiger partial charge in [-0.2, -0.15) is 13.2 Å². The van der Waals surface area contributed by atoms with Crippen LogP contribution in [0.1, 0.15) is 12.2 Å². The van der Waals surface area contributed by atoms with E-state index in [0.29, 0.717) is 0 Å². The predicted molar refractivity (Wildman–Crippen MR) is 92.5 cm³/mol. The molecule has 0 saturated carbocycles. The zero-order chi connectivity index (χ0) is 21.1. The number of rotatable bonds is 7. The molecule has 0 radical (unpaired) electrons. The first kappa shape index (κ1) is 21.4. The highest BCUT2D eigenvalue weighted by atomic mass is 19.4. The van der Waals surface area contributed by atoms with E-state index in [1.165, 1.54) is 46.7 Å². The molecule has 1 atom stereocenters. The second kappa shape index (κ2) is 7.97. The minimum absolute atomic E-state index is 0.101. The lowest BCUT2D eigenvalue weighted by Crippen LogP contribution is -2.46. The molecule has 2 N–H and O–H groups in total. The van der Waals surface area contributed by atoms with Gasteiger partial charge >= 0.3 is 6.18 Å². The number of hydrogen-bond acceptors (Lipinski definition) is 6. The highest BCUT2D eigenvalue weighted by Crippen LogP contribution is 2.42. The Balaban J connectivity index is 2.33. The molecule has 0 fully saturated rings. The van der Waals surface area contributed by atoms with Crippen LogP contribution in [0, 0.1) is 0 Å². The van der Waals surface area contributed by atoms with E-state index < -0.39 is 29.9 Å². The van der Waals surface area contributed by atoms with Crippen LogP contribution in [0.2, 0.25) is 0 Å². The summed E-state index contributed by atoms with van der Waals surface area (Å²) in [6, 6.07) is 2.71. The number of ether oxygens (including phenoxy) is 3. The molecule has 1 heterocycles. The third-order valence-electron chi connectivity index (χ3n) is 4.02. The minimum atomic E-state index is -5.13. The summed E-state index contributed by atoms with van der Waals surface area (Å²) in [6.45, 7) is 0. The molecule has 0 spiro atoms. The first-order chi connectivity index (χ1) is 13.1. The summed E-state index contributed by atoms with van der Waals surface area (Å²) in [5, 5.41) is 12.6. The predicted octanol–water partition coefficient (Wildman–Crippen LogP) is 2.22. The standard InChI is InChI=1S/C17H20F3N3O5/c1-23-6-5-21-15(23)16(25,17(18,19)20)9-13(24)22-10-7-11(26-2)14(28-4)12(8-10)27-3/h5-8,25H,9H2,1-4H3,(H,22,24). The van der Waals surface area contributed by atoms with Gasteiger partial charge in [-0.3, -0.25) is 4.79 Å². The van der Waals surface area contributed by atoms with Crippen molar-refractivity contribution < 1.29 is 37.3 Å². The third-order valence-corrected chi connectivity index (χ3v) is 4.02. The zero-order valence-electron chi connectivity index (χ0n) is 15.6. The van der Waals surface area contributed by atoms with Crippen molar-refractivity contribution in [2.45, 2.75) is 18.2 Å². The maximum Gasteiger partial charge on any atom is 0.425 e. The van der Waals surface area contributed by atoms with Crippen LogP contribution in [0.15, 0.2) is 24.5 Å². The average molecular weight is 403 g/mol. The Hall–Kier alpha value is -2.95. The monoisotopic (exact) mass is 403 g/mol. The Kier molecular flexibility index (Phi) is 6.07. The number of halogens is 3. The summed E-state index contributed by atoms with van der Waals surface area (Å²) in [7, 11) is 5.38. The smallest absolute Gasteiger partial charge is 0.425 e. The average Bonchev–Trinajstić information content (AvgIpc) is 3.06. The van der Waals surface area contributed by atoms with Crippen LogP contribution >= 0.6 is 0 Å². The van der Waals surface area contributed by atoms with Gasteiger partial charge in [-0.05, 0) is 0 Å². The summed E-state index contributed by atoms with van der Waals surface area (Å²) in [5.41, 5.74) is -3.36. The number of carbonyl (C=O) groups is 1. The molecule has 2 rings (SSSR count). The highest BCUT2D eigenvalue weighted by Gasteiger charge is 2.58. The summed E-state index contributed by atoms with van der Waals surface area (Å²) >= 11 is 0. The molecule has 11 heteroatoms. The SMILES string of the molecule is COc1cc(NC(=O)CC(O)(c2nccn2C)C(F)(F)F)cc(OC)c1OC. The molecule has 0 aliphatic carbocycles. The van der Waals surface area contributed by atoms with Gasteiger partial charge in [0.1, 0.15) is 0 Å². The van der Waals surface area contributed by atoms with Crippen LogP contribution in [-0.2, 0) is 17.4 Å². The lowest BCUT2D eigenvalue weighted by Gasteiger charge is -2.29. The fraction of sp³-hybridized carbons (Fsp3) is 0.412. The molecule has 1 aromatic heterocycles. The number of alkyl halides is 3. The van der Waals surface area contributed by atoms with Gasteiger partial charge < -0.3 is 29.2 Å². The highest BCUT2D eigenvalue weighted by molar-refractivity contribution is 5.92. The van der Waals surface area contributed by atoms with E-state index in [1.54, 1.807) is 0 Å². The summed E-state index contributed by atoms with van der Waals surface area (Å²) < 4.78 is 57.0. The first-order valence-corrected chi connectivity index (χ1v) is 7.94. The van der Waals surface area contributed by atoms with E-state index in [-0.39, 0.29) is 22.9 Å². The second-order valence-corrected chi connectivity index (χ2v) is 5.86. The maximum absolute atomic E-state index is 13.5. The Morgan fingerprint density at radius 3 is 2.14 bits per heavy atom. The lowest BCUT2D eigenvalue weighted by molar-refractivity contribution is -0.270. The van der Waals surface area contributed by atoms with Crippen LogP contribution in [-0.4, -0.2) is 48.1 Å². The van der Waals surface area contributed by atoms with E-state index in [2.05, 4.69) is 10.3 Å².